The van der Waals surface area contributed by atoms with Crippen molar-refractivity contribution in [2.24, 2.45) is 28.6 Å². The number of carbonyl (C=O) groups excluding carboxylic acids is 2. The van der Waals surface area contributed by atoms with E-state index in [0.29, 0.717) is 18.4 Å². The summed E-state index contributed by atoms with van der Waals surface area (Å²) in [4.78, 5) is 42.9. The molecule has 234 valence electrons. The van der Waals surface area contributed by atoms with E-state index in [2.05, 4.69) is 46.4 Å². The first-order valence-electron chi connectivity index (χ1n) is 14.9. The fourth-order valence-electron chi connectivity index (χ4n) is 8.28. The highest BCUT2D eigenvalue weighted by Crippen LogP contribution is 2.68. The molecule has 0 radical (unpaired) electrons. The van der Waals surface area contributed by atoms with Gasteiger partial charge in [-0.05, 0) is 55.6 Å². The molecule has 1 aliphatic heterocycles. The Morgan fingerprint density at radius 2 is 2.05 bits per heavy atom. The minimum Gasteiger partial charge on any atom is -0.482 e. The lowest BCUT2D eigenvalue weighted by molar-refractivity contribution is -0.262. The Morgan fingerprint density at radius 3 is 2.73 bits per heavy atom. The number of aliphatic hydroxyl groups excluding tert-OH is 1. The number of aromatic amines is 1. The molecule has 2 fully saturated rings. The van der Waals surface area contributed by atoms with E-state index in [1.54, 1.807) is 30.6 Å². The van der Waals surface area contributed by atoms with Gasteiger partial charge in [-0.25, -0.2) is 4.79 Å². The van der Waals surface area contributed by atoms with E-state index < -0.39 is 46.2 Å². The molecular formula is C31H37N5O8. The largest absolute Gasteiger partial charge is 0.482 e. The molecule has 4 heterocycles. The maximum absolute atomic E-state index is 13.5. The van der Waals surface area contributed by atoms with E-state index in [9.17, 15) is 19.5 Å². The standard InChI is InChI=1S/C31H37N5O8/c1-16-8-9-29(3)21(30(16,4)15-41-17(2)37)12-22(43-24(38)13-23-33-35-36-34-23)31(5)27(29)26(39)25-20(44-31)11-19(42-28(25)40)18-7-6-10-32-14-18/h6-7,10-11,14,16,21-22,26-27,39H,8-9,12-13,15H2,1-5H3,(H,33,34,35,36)/t16-,21?,22-,26-,27?,29-,30+,31+/m0/s1. The molecule has 0 aromatic carbocycles. The number of ether oxygens (including phenoxy) is 3. The third-order valence-corrected chi connectivity index (χ3v) is 10.6. The fraction of sp³-hybridized carbons (Fsp3) is 0.581. The summed E-state index contributed by atoms with van der Waals surface area (Å²) in [5, 5.41) is 25.8. The number of pyridine rings is 1. The first-order chi connectivity index (χ1) is 20.9. The molecule has 6 rings (SSSR count). The van der Waals surface area contributed by atoms with Gasteiger partial charge < -0.3 is 23.7 Å². The van der Waals surface area contributed by atoms with E-state index in [4.69, 9.17) is 18.6 Å². The molecule has 0 spiro atoms. The monoisotopic (exact) mass is 607 g/mol. The van der Waals surface area contributed by atoms with Gasteiger partial charge in [-0.1, -0.05) is 26.0 Å². The van der Waals surface area contributed by atoms with Gasteiger partial charge in [0.05, 0.1) is 12.7 Å². The van der Waals surface area contributed by atoms with Crippen molar-refractivity contribution in [3.8, 4) is 17.1 Å². The number of rotatable bonds is 6. The minimum absolute atomic E-state index is 0.0270. The zero-order valence-corrected chi connectivity index (χ0v) is 25.4. The van der Waals surface area contributed by atoms with Crippen LogP contribution >= 0.6 is 0 Å². The molecule has 2 saturated carbocycles. The Balaban J connectivity index is 1.47. The van der Waals surface area contributed by atoms with Crippen LogP contribution in [0.3, 0.4) is 0 Å². The molecule has 0 saturated heterocycles. The number of tetrazole rings is 1. The molecule has 0 amide bonds. The SMILES string of the molecule is CC(=O)OC[C@@]1(C)C2C[C@H](OC(=O)Cc3nn[nH]n3)[C@@]3(C)Oc4cc(-c5cccnc5)oc(=O)c4[C@H](O)C3[C@@]2(C)CC[C@@H]1C. The van der Waals surface area contributed by atoms with E-state index in [1.807, 2.05) is 6.92 Å². The Bertz CT molecular complexity index is 1610. The van der Waals surface area contributed by atoms with E-state index in [-0.39, 0.29) is 53.7 Å². The van der Waals surface area contributed by atoms with Crippen LogP contribution in [-0.2, 0) is 25.5 Å². The predicted molar refractivity (Wildman–Crippen MR) is 153 cm³/mol. The van der Waals surface area contributed by atoms with E-state index in [0.717, 1.165) is 6.42 Å². The van der Waals surface area contributed by atoms with Gasteiger partial charge in [0, 0.05) is 42.3 Å². The van der Waals surface area contributed by atoms with Crippen molar-refractivity contribution >= 4 is 11.9 Å². The van der Waals surface area contributed by atoms with Crippen molar-refractivity contribution in [3.63, 3.8) is 0 Å². The number of nitrogens with one attached hydrogen (secondary N) is 1. The van der Waals surface area contributed by atoms with Gasteiger partial charge >= 0.3 is 17.6 Å². The third-order valence-electron chi connectivity index (χ3n) is 10.6. The van der Waals surface area contributed by atoms with Crippen LogP contribution in [0.25, 0.3) is 11.3 Å². The summed E-state index contributed by atoms with van der Waals surface area (Å²) in [6.07, 6.45) is 2.72. The first kappa shape index (κ1) is 29.9. The smallest absolute Gasteiger partial charge is 0.345 e. The van der Waals surface area contributed by atoms with Crippen molar-refractivity contribution in [2.75, 3.05) is 6.61 Å². The summed E-state index contributed by atoms with van der Waals surface area (Å²) in [5.74, 6) is -1.09. The van der Waals surface area contributed by atoms with Crippen LogP contribution in [0.1, 0.15) is 71.4 Å². The average molecular weight is 608 g/mol. The van der Waals surface area contributed by atoms with Gasteiger partial charge in [0.2, 0.25) is 0 Å². The molecule has 44 heavy (non-hydrogen) atoms. The normalized spacial score (nSPS) is 34.1. The predicted octanol–water partition coefficient (Wildman–Crippen LogP) is 3.20. The van der Waals surface area contributed by atoms with Crippen LogP contribution in [0.5, 0.6) is 5.75 Å². The maximum atomic E-state index is 13.5. The number of hydrogen-bond donors (Lipinski definition) is 2. The molecular weight excluding hydrogens is 570 g/mol. The summed E-state index contributed by atoms with van der Waals surface area (Å²) >= 11 is 0. The first-order valence-corrected chi connectivity index (χ1v) is 14.9. The molecule has 0 bridgehead atoms. The van der Waals surface area contributed by atoms with Crippen LogP contribution < -0.4 is 10.4 Å². The number of esters is 2. The number of hydrogen-bond acceptors (Lipinski definition) is 12. The molecule has 3 aromatic rings. The molecule has 3 aromatic heterocycles. The van der Waals surface area contributed by atoms with Gasteiger partial charge in [-0.15, -0.1) is 10.2 Å². The Kier molecular flexibility index (Phi) is 7.34. The summed E-state index contributed by atoms with van der Waals surface area (Å²) in [7, 11) is 0. The number of nitrogens with zero attached hydrogens (tertiary/aromatic N) is 4. The van der Waals surface area contributed by atoms with Crippen molar-refractivity contribution in [3.05, 3.63) is 52.4 Å². The summed E-state index contributed by atoms with van der Waals surface area (Å²) < 4.78 is 24.2. The Labute approximate surface area is 253 Å². The van der Waals surface area contributed by atoms with Crippen LogP contribution in [0.15, 0.2) is 39.8 Å². The quantitative estimate of drug-likeness (QED) is 0.391. The highest BCUT2D eigenvalue weighted by Gasteiger charge is 2.70. The summed E-state index contributed by atoms with van der Waals surface area (Å²) in [6, 6.07) is 5.06. The van der Waals surface area contributed by atoms with Crippen molar-refractivity contribution in [1.29, 1.82) is 0 Å². The van der Waals surface area contributed by atoms with Crippen molar-refractivity contribution in [1.82, 2.24) is 25.6 Å². The third kappa shape index (κ3) is 4.77. The molecule has 2 N–H and O–H groups in total. The maximum Gasteiger partial charge on any atom is 0.345 e. The average Bonchev–Trinajstić information content (AvgIpc) is 3.48. The van der Waals surface area contributed by atoms with Crippen LogP contribution in [0.2, 0.25) is 0 Å². The number of fused-ring (bicyclic) bond motifs is 4. The molecule has 2 unspecified atom stereocenters. The van der Waals surface area contributed by atoms with Gasteiger partial charge in [0.25, 0.3) is 0 Å². The highest BCUT2D eigenvalue weighted by atomic mass is 16.6. The van der Waals surface area contributed by atoms with Gasteiger partial charge in [-0.3, -0.25) is 14.6 Å². The van der Waals surface area contributed by atoms with Crippen LogP contribution in [0.4, 0.5) is 0 Å². The molecule has 13 heteroatoms. The molecule has 3 aliphatic rings. The lowest BCUT2D eigenvalue weighted by Crippen LogP contribution is -2.70. The summed E-state index contributed by atoms with van der Waals surface area (Å²) in [6.45, 7) is 9.69. The Morgan fingerprint density at radius 1 is 1.25 bits per heavy atom. The second kappa shape index (κ2) is 10.8. The van der Waals surface area contributed by atoms with Gasteiger partial charge in [0.1, 0.15) is 35.2 Å². The molecule has 2 aliphatic carbocycles. The Hall–Kier alpha value is -4.13. The fourth-order valence-corrected chi connectivity index (χ4v) is 8.28. The van der Waals surface area contributed by atoms with Crippen LogP contribution in [0, 0.1) is 28.6 Å². The van der Waals surface area contributed by atoms with Gasteiger partial charge in [0.15, 0.2) is 5.82 Å². The summed E-state index contributed by atoms with van der Waals surface area (Å²) in [5.41, 5.74) is -2.48. The zero-order chi connectivity index (χ0) is 31.4. The number of aliphatic hydroxyl groups is 1. The minimum atomic E-state index is -1.29. The van der Waals surface area contributed by atoms with Crippen molar-refractivity contribution in [2.45, 2.75) is 78.1 Å². The lowest BCUT2D eigenvalue weighted by Gasteiger charge is -2.66. The number of aromatic nitrogens is 5. The van der Waals surface area contributed by atoms with E-state index in [1.165, 1.54) is 6.92 Å². The van der Waals surface area contributed by atoms with E-state index >= 15 is 0 Å². The number of H-pyrrole nitrogens is 1. The van der Waals surface area contributed by atoms with Crippen LogP contribution in [-0.4, -0.2) is 61.0 Å². The number of carbonyl (C=O) groups is 2. The molecule has 13 nitrogen and oxygen atoms in total. The topological polar surface area (TPSA) is 180 Å². The van der Waals surface area contributed by atoms with Crippen molar-refractivity contribution < 1.29 is 33.3 Å². The zero-order valence-electron chi connectivity index (χ0n) is 25.4. The molecule has 8 atom stereocenters. The second-order valence-electron chi connectivity index (χ2n) is 13.1. The lowest BCUT2D eigenvalue weighted by atomic mass is 9.41. The highest BCUT2D eigenvalue weighted by molar-refractivity contribution is 5.72. The van der Waals surface area contributed by atoms with Gasteiger partial charge in [-0.2, -0.15) is 5.21 Å². The second-order valence-corrected chi connectivity index (χ2v) is 13.1.